The first-order valence-corrected chi connectivity index (χ1v) is 7.15. The van der Waals surface area contributed by atoms with Crippen LogP contribution in [0.15, 0.2) is 24.3 Å². The van der Waals surface area contributed by atoms with E-state index in [0.717, 1.165) is 11.3 Å². The van der Waals surface area contributed by atoms with Crippen molar-refractivity contribution < 1.29 is 14.3 Å². The molecule has 122 valence electrons. The molecule has 0 aromatic heterocycles. The maximum atomic E-state index is 11.6. The highest BCUT2D eigenvalue weighted by molar-refractivity contribution is 5.79. The minimum atomic E-state index is -0.460. The summed E-state index contributed by atoms with van der Waals surface area (Å²) in [7, 11) is 7.91. The average Bonchev–Trinajstić information content (AvgIpc) is 2.45. The molecule has 6 heteroatoms. The molecule has 0 aliphatic rings. The number of anilines is 1. The molecule has 0 spiro atoms. The van der Waals surface area contributed by atoms with Gasteiger partial charge in [0.05, 0.1) is 6.04 Å². The SMILES string of the molecule is CC(=O)OCC(=O)NCC(c1ccc(N(C)C)cc1)N(C)C. The lowest BCUT2D eigenvalue weighted by Crippen LogP contribution is -2.36. The van der Waals surface area contributed by atoms with Gasteiger partial charge in [-0.15, -0.1) is 0 Å². The Balaban J connectivity index is 2.65. The van der Waals surface area contributed by atoms with Gasteiger partial charge in [0.2, 0.25) is 0 Å². The van der Waals surface area contributed by atoms with E-state index in [0.29, 0.717) is 6.54 Å². The molecule has 0 heterocycles. The van der Waals surface area contributed by atoms with Crippen molar-refractivity contribution in [2.24, 2.45) is 0 Å². The number of esters is 1. The molecule has 1 unspecified atom stereocenters. The van der Waals surface area contributed by atoms with Crippen molar-refractivity contribution >= 4 is 17.6 Å². The average molecular weight is 307 g/mol. The number of rotatable bonds is 7. The van der Waals surface area contributed by atoms with E-state index in [1.165, 1.54) is 6.92 Å². The first-order chi connectivity index (χ1) is 10.3. The molecule has 1 N–H and O–H groups in total. The van der Waals surface area contributed by atoms with Crippen LogP contribution in [-0.4, -0.2) is 58.1 Å². The first kappa shape index (κ1) is 18.0. The van der Waals surface area contributed by atoms with E-state index in [1.807, 2.05) is 50.1 Å². The summed E-state index contributed by atoms with van der Waals surface area (Å²) >= 11 is 0. The highest BCUT2D eigenvalue weighted by Gasteiger charge is 2.15. The van der Waals surface area contributed by atoms with Crippen LogP contribution < -0.4 is 10.2 Å². The number of carbonyl (C=O) groups excluding carboxylic acids is 2. The minimum absolute atomic E-state index is 0.0532. The smallest absolute Gasteiger partial charge is 0.303 e. The van der Waals surface area contributed by atoms with E-state index in [-0.39, 0.29) is 18.6 Å². The van der Waals surface area contributed by atoms with Crippen molar-refractivity contribution in [2.45, 2.75) is 13.0 Å². The summed E-state index contributed by atoms with van der Waals surface area (Å²) in [5, 5.41) is 2.79. The lowest BCUT2D eigenvalue weighted by atomic mass is 10.1. The maximum absolute atomic E-state index is 11.6. The van der Waals surface area contributed by atoms with Gasteiger partial charge in [0, 0.05) is 33.3 Å². The van der Waals surface area contributed by atoms with Gasteiger partial charge in [-0.3, -0.25) is 9.59 Å². The Morgan fingerprint density at radius 1 is 1.14 bits per heavy atom. The topological polar surface area (TPSA) is 61.9 Å². The van der Waals surface area contributed by atoms with Crippen molar-refractivity contribution in [3.8, 4) is 0 Å². The Labute approximate surface area is 132 Å². The number of ether oxygens (including phenoxy) is 1. The molecule has 0 aliphatic carbocycles. The zero-order valence-corrected chi connectivity index (χ0v) is 13.9. The summed E-state index contributed by atoms with van der Waals surface area (Å²) in [6.07, 6.45) is 0. The van der Waals surface area contributed by atoms with Crippen molar-refractivity contribution in [1.29, 1.82) is 0 Å². The fourth-order valence-corrected chi connectivity index (χ4v) is 2.02. The second-order valence-corrected chi connectivity index (χ2v) is 5.55. The van der Waals surface area contributed by atoms with Gasteiger partial charge in [0.15, 0.2) is 6.61 Å². The van der Waals surface area contributed by atoms with Crippen molar-refractivity contribution in [3.63, 3.8) is 0 Å². The van der Waals surface area contributed by atoms with Gasteiger partial charge in [0.1, 0.15) is 0 Å². The largest absolute Gasteiger partial charge is 0.456 e. The summed E-state index contributed by atoms with van der Waals surface area (Å²) in [6, 6.07) is 8.26. The van der Waals surface area contributed by atoms with Gasteiger partial charge in [0.25, 0.3) is 5.91 Å². The first-order valence-electron chi connectivity index (χ1n) is 7.15. The molecule has 0 radical (unpaired) electrons. The number of benzene rings is 1. The molecule has 1 atom stereocenters. The van der Waals surface area contributed by atoms with E-state index in [4.69, 9.17) is 0 Å². The molecular weight excluding hydrogens is 282 g/mol. The number of hydrogen-bond donors (Lipinski definition) is 1. The number of likely N-dealkylation sites (N-methyl/N-ethyl adjacent to an activating group) is 1. The Morgan fingerprint density at radius 3 is 2.18 bits per heavy atom. The molecule has 1 amide bonds. The van der Waals surface area contributed by atoms with Crippen LogP contribution >= 0.6 is 0 Å². The van der Waals surface area contributed by atoms with Gasteiger partial charge in [-0.25, -0.2) is 0 Å². The molecule has 0 saturated carbocycles. The molecule has 1 rings (SSSR count). The van der Waals surface area contributed by atoms with Crippen molar-refractivity contribution in [2.75, 3.05) is 46.2 Å². The minimum Gasteiger partial charge on any atom is -0.456 e. The Kier molecular flexibility index (Phi) is 6.85. The van der Waals surface area contributed by atoms with Gasteiger partial charge < -0.3 is 19.9 Å². The van der Waals surface area contributed by atoms with Gasteiger partial charge in [-0.2, -0.15) is 0 Å². The van der Waals surface area contributed by atoms with Gasteiger partial charge in [-0.1, -0.05) is 12.1 Å². The van der Waals surface area contributed by atoms with E-state index >= 15 is 0 Å². The summed E-state index contributed by atoms with van der Waals surface area (Å²) in [5.74, 6) is -0.759. The third-order valence-corrected chi connectivity index (χ3v) is 3.32. The van der Waals surface area contributed by atoms with E-state index in [9.17, 15) is 9.59 Å². The molecule has 0 bridgehead atoms. The zero-order chi connectivity index (χ0) is 16.7. The zero-order valence-electron chi connectivity index (χ0n) is 13.9. The number of carbonyl (C=O) groups is 2. The number of amides is 1. The Bertz CT molecular complexity index is 498. The molecule has 22 heavy (non-hydrogen) atoms. The number of nitrogens with zero attached hydrogens (tertiary/aromatic N) is 2. The van der Waals surface area contributed by atoms with Gasteiger partial charge >= 0.3 is 5.97 Å². The predicted molar refractivity (Wildman–Crippen MR) is 86.8 cm³/mol. The van der Waals surface area contributed by atoms with Crippen LogP contribution in [0.2, 0.25) is 0 Å². The van der Waals surface area contributed by atoms with Crippen molar-refractivity contribution in [1.82, 2.24) is 10.2 Å². The van der Waals surface area contributed by atoms with Crippen LogP contribution in [0.5, 0.6) is 0 Å². The molecule has 6 nitrogen and oxygen atoms in total. The highest BCUT2D eigenvalue weighted by atomic mass is 16.5. The molecule has 1 aromatic rings. The normalized spacial score (nSPS) is 11.9. The van der Waals surface area contributed by atoms with Crippen LogP contribution in [0.4, 0.5) is 5.69 Å². The maximum Gasteiger partial charge on any atom is 0.303 e. The lowest BCUT2D eigenvalue weighted by Gasteiger charge is -2.25. The van der Waals surface area contributed by atoms with Crippen LogP contribution in [0, 0.1) is 0 Å². The van der Waals surface area contributed by atoms with E-state index < -0.39 is 5.97 Å². The predicted octanol–water partition coefficient (Wildman–Crippen LogP) is 1.03. The molecule has 0 fully saturated rings. The monoisotopic (exact) mass is 307 g/mol. The molecule has 1 aromatic carbocycles. The molecule has 0 saturated heterocycles. The number of hydrogen-bond acceptors (Lipinski definition) is 5. The van der Waals surface area contributed by atoms with Crippen LogP contribution in [0.1, 0.15) is 18.5 Å². The van der Waals surface area contributed by atoms with Crippen LogP contribution in [0.3, 0.4) is 0 Å². The fourth-order valence-electron chi connectivity index (χ4n) is 2.02. The van der Waals surface area contributed by atoms with Crippen molar-refractivity contribution in [3.05, 3.63) is 29.8 Å². The molecule has 0 aliphatic heterocycles. The lowest BCUT2D eigenvalue weighted by molar-refractivity contribution is -0.146. The van der Waals surface area contributed by atoms with Crippen LogP contribution in [-0.2, 0) is 14.3 Å². The standard InChI is InChI=1S/C16H25N3O3/c1-12(20)22-11-16(21)17-10-15(19(4)5)13-6-8-14(9-7-13)18(2)3/h6-9,15H,10-11H2,1-5H3,(H,17,21). The second-order valence-electron chi connectivity index (χ2n) is 5.55. The summed E-state index contributed by atoms with van der Waals surface area (Å²) in [4.78, 5) is 26.4. The third-order valence-electron chi connectivity index (χ3n) is 3.32. The van der Waals surface area contributed by atoms with E-state index in [1.54, 1.807) is 0 Å². The summed E-state index contributed by atoms with van der Waals surface area (Å²) in [5.41, 5.74) is 2.24. The van der Waals surface area contributed by atoms with E-state index in [2.05, 4.69) is 22.2 Å². The molecular formula is C16H25N3O3. The highest BCUT2D eigenvalue weighted by Crippen LogP contribution is 2.20. The Morgan fingerprint density at radius 2 is 1.73 bits per heavy atom. The summed E-state index contributed by atoms with van der Waals surface area (Å²) < 4.78 is 4.67. The fraction of sp³-hybridized carbons (Fsp3) is 0.500. The van der Waals surface area contributed by atoms with Crippen LogP contribution in [0.25, 0.3) is 0 Å². The third kappa shape index (κ3) is 5.73. The summed E-state index contributed by atoms with van der Waals surface area (Å²) in [6.45, 7) is 1.49. The quantitative estimate of drug-likeness (QED) is 0.763. The number of nitrogens with one attached hydrogen (secondary N) is 1. The van der Waals surface area contributed by atoms with Gasteiger partial charge in [-0.05, 0) is 31.8 Å². The Hall–Kier alpha value is -2.08. The second kappa shape index (κ2) is 8.38.